The van der Waals surface area contributed by atoms with Crippen LogP contribution < -0.4 is 4.74 Å². The summed E-state index contributed by atoms with van der Waals surface area (Å²) in [5, 5.41) is 21.3. The van der Waals surface area contributed by atoms with Gasteiger partial charge >= 0.3 is 11.4 Å². The molecule has 116 valence electrons. The van der Waals surface area contributed by atoms with E-state index in [1.54, 1.807) is 0 Å². The fraction of sp³-hybridized carbons (Fsp3) is 0.400. The van der Waals surface area contributed by atoms with Crippen LogP contribution in [0.3, 0.4) is 0 Å². The summed E-state index contributed by atoms with van der Waals surface area (Å²) in [5.41, 5.74) is -1.32. The molecule has 0 aromatic heterocycles. The van der Waals surface area contributed by atoms with E-state index in [0.717, 1.165) is 12.1 Å². The molecule has 0 aliphatic carbocycles. The largest absolute Gasteiger partial charge is 0.493 e. The van der Waals surface area contributed by atoms with Crippen molar-refractivity contribution >= 4 is 21.5 Å². The molecule has 0 spiro atoms. The zero-order valence-electron chi connectivity index (χ0n) is 10.7. The Balaban J connectivity index is 2.63. The fourth-order valence-corrected chi connectivity index (χ4v) is 2.04. The van der Waals surface area contributed by atoms with Crippen LogP contribution in [0.25, 0.3) is 0 Å². The summed E-state index contributed by atoms with van der Waals surface area (Å²) in [6, 6.07) is 3.11. The van der Waals surface area contributed by atoms with Gasteiger partial charge in [0.1, 0.15) is 5.75 Å². The van der Waals surface area contributed by atoms with Crippen molar-refractivity contribution in [1.82, 2.24) is 0 Å². The van der Waals surface area contributed by atoms with E-state index in [2.05, 4.69) is 0 Å². The lowest BCUT2D eigenvalue weighted by atomic mass is 10.2. The van der Waals surface area contributed by atoms with Crippen molar-refractivity contribution in [3.63, 3.8) is 0 Å². The van der Waals surface area contributed by atoms with Gasteiger partial charge in [-0.1, -0.05) is 0 Å². The van der Waals surface area contributed by atoms with Crippen LogP contribution in [0.4, 0.5) is 11.4 Å². The van der Waals surface area contributed by atoms with Crippen LogP contribution in [0.5, 0.6) is 5.75 Å². The van der Waals surface area contributed by atoms with Gasteiger partial charge in [-0.2, -0.15) is 8.42 Å². The predicted molar refractivity (Wildman–Crippen MR) is 70.9 cm³/mol. The molecule has 0 aliphatic heterocycles. The maximum atomic E-state index is 10.7. The van der Waals surface area contributed by atoms with Gasteiger partial charge in [0.05, 0.1) is 28.3 Å². The highest BCUT2D eigenvalue weighted by atomic mass is 32.2. The van der Waals surface area contributed by atoms with Crippen molar-refractivity contribution in [3.05, 3.63) is 38.4 Å². The first kappa shape index (κ1) is 16.8. The van der Waals surface area contributed by atoms with Crippen molar-refractivity contribution < 1.29 is 27.6 Å². The molecule has 10 nitrogen and oxygen atoms in total. The molecule has 0 atom stereocenters. The Hall–Kier alpha value is -2.27. The molecular weight excluding hydrogens is 308 g/mol. The van der Waals surface area contributed by atoms with Gasteiger partial charge in [0.2, 0.25) is 0 Å². The molecule has 1 aromatic carbocycles. The molecule has 1 aromatic rings. The number of hydrogen-bond acceptors (Lipinski definition) is 7. The van der Waals surface area contributed by atoms with Gasteiger partial charge in [0.25, 0.3) is 10.1 Å². The zero-order chi connectivity index (χ0) is 16.0. The number of ether oxygens (including phenoxy) is 1. The molecule has 0 heterocycles. The quantitative estimate of drug-likeness (QED) is 0.328. The molecular formula is C10H12N2O8S. The van der Waals surface area contributed by atoms with E-state index in [4.69, 9.17) is 9.29 Å². The number of unbranched alkanes of at least 4 members (excludes halogenated alkanes) is 1. The van der Waals surface area contributed by atoms with Gasteiger partial charge in [-0.15, -0.1) is 0 Å². The first-order valence-electron chi connectivity index (χ1n) is 5.71. The van der Waals surface area contributed by atoms with E-state index in [1.165, 1.54) is 6.07 Å². The fourth-order valence-electron chi connectivity index (χ4n) is 1.47. The summed E-state index contributed by atoms with van der Waals surface area (Å²) in [4.78, 5) is 19.6. The molecule has 0 unspecified atom stereocenters. The Morgan fingerprint density at radius 3 is 2.24 bits per heavy atom. The molecule has 0 fully saturated rings. The third-order valence-corrected chi connectivity index (χ3v) is 3.21. The standard InChI is InChI=1S/C10H12N2O8S/c13-11(14)9-4-3-8(7-10(9)12(15)16)20-5-1-2-6-21(17,18)19/h3-4,7H,1-2,5-6H2,(H,17,18,19). The predicted octanol–water partition coefficient (Wildman–Crippen LogP) is 1.55. The van der Waals surface area contributed by atoms with Gasteiger partial charge in [-0.05, 0) is 18.9 Å². The lowest BCUT2D eigenvalue weighted by molar-refractivity contribution is -0.422. The van der Waals surface area contributed by atoms with E-state index in [-0.39, 0.29) is 18.8 Å². The summed E-state index contributed by atoms with van der Waals surface area (Å²) in [6.07, 6.45) is 0.457. The second-order valence-electron chi connectivity index (χ2n) is 4.01. The van der Waals surface area contributed by atoms with Crippen LogP contribution >= 0.6 is 0 Å². The van der Waals surface area contributed by atoms with Crippen LogP contribution in [-0.2, 0) is 10.1 Å². The third-order valence-electron chi connectivity index (χ3n) is 2.41. The molecule has 0 saturated heterocycles. The van der Waals surface area contributed by atoms with E-state index >= 15 is 0 Å². The Kier molecular flexibility index (Phi) is 5.55. The van der Waals surface area contributed by atoms with Crippen molar-refractivity contribution in [2.75, 3.05) is 12.4 Å². The van der Waals surface area contributed by atoms with E-state index < -0.39 is 37.1 Å². The summed E-state index contributed by atoms with van der Waals surface area (Å²) in [7, 11) is -4.02. The summed E-state index contributed by atoms with van der Waals surface area (Å²) < 4.78 is 34.6. The van der Waals surface area contributed by atoms with Crippen LogP contribution in [-0.4, -0.2) is 35.2 Å². The maximum absolute atomic E-state index is 10.7. The highest BCUT2D eigenvalue weighted by molar-refractivity contribution is 7.85. The second kappa shape index (κ2) is 6.95. The minimum absolute atomic E-state index is 0.0600. The molecule has 0 saturated carbocycles. The Labute approximate surface area is 119 Å². The van der Waals surface area contributed by atoms with E-state index in [9.17, 15) is 28.6 Å². The van der Waals surface area contributed by atoms with Crippen molar-refractivity contribution in [2.45, 2.75) is 12.8 Å². The average Bonchev–Trinajstić information content (AvgIpc) is 2.36. The molecule has 0 radical (unpaired) electrons. The van der Waals surface area contributed by atoms with Crippen LogP contribution in [0, 0.1) is 20.2 Å². The van der Waals surface area contributed by atoms with Crippen molar-refractivity contribution in [2.24, 2.45) is 0 Å². The average molecular weight is 320 g/mol. The van der Waals surface area contributed by atoms with Gasteiger partial charge in [0, 0.05) is 6.07 Å². The summed E-state index contributed by atoms with van der Waals surface area (Å²) in [5.74, 6) is -0.337. The third kappa shape index (κ3) is 5.71. The van der Waals surface area contributed by atoms with E-state index in [1.807, 2.05) is 0 Å². The van der Waals surface area contributed by atoms with Crippen molar-refractivity contribution in [1.29, 1.82) is 0 Å². The van der Waals surface area contributed by atoms with Gasteiger partial charge < -0.3 is 4.74 Å². The number of benzene rings is 1. The number of nitro groups is 2. The Bertz CT molecular complexity index is 642. The van der Waals surface area contributed by atoms with E-state index in [0.29, 0.717) is 6.42 Å². The van der Waals surface area contributed by atoms with Crippen LogP contribution in [0.1, 0.15) is 12.8 Å². The number of hydrogen-bond donors (Lipinski definition) is 1. The maximum Gasteiger partial charge on any atom is 0.349 e. The molecule has 1 N–H and O–H groups in total. The van der Waals surface area contributed by atoms with Crippen molar-refractivity contribution in [3.8, 4) is 5.75 Å². The van der Waals surface area contributed by atoms with Crippen LogP contribution in [0.15, 0.2) is 18.2 Å². The molecule has 11 heteroatoms. The zero-order valence-corrected chi connectivity index (χ0v) is 11.5. The molecule has 0 aliphatic rings. The smallest absolute Gasteiger partial charge is 0.349 e. The lowest BCUT2D eigenvalue weighted by Gasteiger charge is -2.05. The monoisotopic (exact) mass is 320 g/mol. The number of nitrogens with zero attached hydrogens (tertiary/aromatic N) is 2. The highest BCUT2D eigenvalue weighted by Crippen LogP contribution is 2.30. The normalized spacial score (nSPS) is 11.1. The van der Waals surface area contributed by atoms with Crippen LogP contribution in [0.2, 0.25) is 0 Å². The first-order chi connectivity index (χ1) is 9.70. The molecule has 1 rings (SSSR count). The molecule has 0 bridgehead atoms. The topological polar surface area (TPSA) is 150 Å². The molecule has 0 amide bonds. The minimum atomic E-state index is -4.02. The SMILES string of the molecule is O=[N+]([O-])c1ccc(OCCCCS(=O)(=O)O)cc1[N+](=O)[O-]. The molecule has 21 heavy (non-hydrogen) atoms. The summed E-state index contributed by atoms with van der Waals surface area (Å²) in [6.45, 7) is 0.0600. The number of nitro benzene ring substituents is 2. The van der Waals surface area contributed by atoms with Gasteiger partial charge in [0.15, 0.2) is 0 Å². The Morgan fingerprint density at radius 2 is 1.71 bits per heavy atom. The summed E-state index contributed by atoms with van der Waals surface area (Å²) >= 11 is 0. The highest BCUT2D eigenvalue weighted by Gasteiger charge is 2.24. The lowest BCUT2D eigenvalue weighted by Crippen LogP contribution is -2.06. The number of rotatable bonds is 8. The van der Waals surface area contributed by atoms with Gasteiger partial charge in [-0.3, -0.25) is 24.8 Å². The Morgan fingerprint density at radius 1 is 1.10 bits per heavy atom. The first-order valence-corrected chi connectivity index (χ1v) is 7.32. The van der Waals surface area contributed by atoms with Gasteiger partial charge in [-0.25, -0.2) is 0 Å². The second-order valence-corrected chi connectivity index (χ2v) is 5.58. The minimum Gasteiger partial charge on any atom is -0.493 e.